The van der Waals surface area contributed by atoms with Crippen LogP contribution in [0.15, 0.2) is 24.3 Å². The van der Waals surface area contributed by atoms with Crippen LogP contribution >= 0.6 is 0 Å². The van der Waals surface area contributed by atoms with E-state index in [0.29, 0.717) is 25.1 Å². The summed E-state index contributed by atoms with van der Waals surface area (Å²) in [4.78, 5) is 12.8. The van der Waals surface area contributed by atoms with Gasteiger partial charge in [-0.15, -0.1) is 0 Å². The molecule has 2 rings (SSSR count). The summed E-state index contributed by atoms with van der Waals surface area (Å²) in [5.74, 6) is 0. The number of alkyl halides is 3. The van der Waals surface area contributed by atoms with Crippen LogP contribution in [0.25, 0.3) is 0 Å². The summed E-state index contributed by atoms with van der Waals surface area (Å²) in [7, 11) is 0. The molecule has 0 aliphatic heterocycles. The lowest BCUT2D eigenvalue weighted by Gasteiger charge is -2.24. The zero-order valence-corrected chi connectivity index (χ0v) is 10.8. The van der Waals surface area contributed by atoms with Crippen LogP contribution in [0.5, 0.6) is 0 Å². The molecule has 0 unspecified atom stereocenters. The standard InChI is InChI=1S/C13H16F3N3O/c14-13(15,16)8-19(11-4-5-11)12(20)18-10-3-1-2-9(6-10)7-17/h1-3,6,11H,4-5,7-8,17H2,(H,18,20). The smallest absolute Gasteiger partial charge is 0.326 e. The Morgan fingerprint density at radius 2 is 2.10 bits per heavy atom. The quantitative estimate of drug-likeness (QED) is 0.894. The molecular weight excluding hydrogens is 271 g/mol. The van der Waals surface area contributed by atoms with Crippen molar-refractivity contribution in [1.82, 2.24) is 4.90 Å². The number of nitrogens with two attached hydrogens (primary N) is 1. The summed E-state index contributed by atoms with van der Waals surface area (Å²) in [5, 5.41) is 2.49. The molecule has 1 saturated carbocycles. The lowest BCUT2D eigenvalue weighted by atomic mass is 10.2. The molecule has 1 fully saturated rings. The minimum atomic E-state index is -4.39. The van der Waals surface area contributed by atoms with Crippen LogP contribution in [-0.4, -0.2) is 29.7 Å². The van der Waals surface area contributed by atoms with E-state index in [2.05, 4.69) is 5.32 Å². The largest absolute Gasteiger partial charge is 0.406 e. The molecule has 0 saturated heterocycles. The number of nitrogens with zero attached hydrogens (tertiary/aromatic N) is 1. The van der Waals surface area contributed by atoms with Crippen molar-refractivity contribution in [1.29, 1.82) is 0 Å². The van der Waals surface area contributed by atoms with Crippen LogP contribution in [0.1, 0.15) is 18.4 Å². The monoisotopic (exact) mass is 287 g/mol. The van der Waals surface area contributed by atoms with Gasteiger partial charge in [0.2, 0.25) is 0 Å². The van der Waals surface area contributed by atoms with Crippen LogP contribution in [0.2, 0.25) is 0 Å². The third-order valence-corrected chi connectivity index (χ3v) is 3.01. The fourth-order valence-corrected chi connectivity index (χ4v) is 1.92. The molecule has 0 atom stereocenters. The summed E-state index contributed by atoms with van der Waals surface area (Å²) in [5.41, 5.74) is 6.73. The first-order chi connectivity index (χ1) is 9.39. The van der Waals surface area contributed by atoms with Crippen molar-refractivity contribution in [3.8, 4) is 0 Å². The van der Waals surface area contributed by atoms with E-state index in [0.717, 1.165) is 10.5 Å². The maximum atomic E-state index is 12.5. The van der Waals surface area contributed by atoms with Crippen molar-refractivity contribution in [2.45, 2.75) is 31.6 Å². The zero-order chi connectivity index (χ0) is 14.8. The van der Waals surface area contributed by atoms with Crippen LogP contribution < -0.4 is 11.1 Å². The van der Waals surface area contributed by atoms with Gasteiger partial charge in [-0.25, -0.2) is 4.79 Å². The molecule has 110 valence electrons. The number of carbonyl (C=O) groups excluding carboxylic acids is 1. The highest BCUT2D eigenvalue weighted by Gasteiger charge is 2.40. The van der Waals surface area contributed by atoms with E-state index < -0.39 is 18.8 Å². The summed E-state index contributed by atoms with van der Waals surface area (Å²) in [6, 6.07) is 5.72. The molecule has 0 bridgehead atoms. The average Bonchev–Trinajstić information content (AvgIpc) is 3.19. The van der Waals surface area contributed by atoms with Crippen LogP contribution in [0.4, 0.5) is 23.7 Å². The molecule has 1 aliphatic rings. The van der Waals surface area contributed by atoms with E-state index in [1.807, 2.05) is 0 Å². The molecule has 3 N–H and O–H groups in total. The highest BCUT2D eigenvalue weighted by Crippen LogP contribution is 2.30. The zero-order valence-electron chi connectivity index (χ0n) is 10.8. The summed E-state index contributed by atoms with van der Waals surface area (Å²) in [6.45, 7) is -0.918. The number of rotatable bonds is 4. The fraction of sp³-hybridized carbons (Fsp3) is 0.462. The van der Waals surface area contributed by atoms with E-state index in [-0.39, 0.29) is 6.04 Å². The van der Waals surface area contributed by atoms with Crippen molar-refractivity contribution >= 4 is 11.7 Å². The number of nitrogens with one attached hydrogen (secondary N) is 1. The Bertz CT molecular complexity index is 486. The SMILES string of the molecule is NCc1cccc(NC(=O)N(CC(F)(F)F)C2CC2)c1. The molecule has 20 heavy (non-hydrogen) atoms. The molecule has 1 aromatic rings. The Morgan fingerprint density at radius 3 is 2.65 bits per heavy atom. The normalized spacial score (nSPS) is 15.0. The Morgan fingerprint density at radius 1 is 1.40 bits per heavy atom. The van der Waals surface area contributed by atoms with Gasteiger partial charge in [-0.3, -0.25) is 0 Å². The minimum Gasteiger partial charge on any atom is -0.326 e. The first-order valence-electron chi connectivity index (χ1n) is 6.32. The van der Waals surface area contributed by atoms with Gasteiger partial charge < -0.3 is 16.0 Å². The number of benzene rings is 1. The van der Waals surface area contributed by atoms with Gasteiger partial charge in [0, 0.05) is 18.3 Å². The molecule has 1 aliphatic carbocycles. The molecular formula is C13H16F3N3O. The Hall–Kier alpha value is -1.76. The van der Waals surface area contributed by atoms with E-state index in [1.54, 1.807) is 24.3 Å². The summed E-state index contributed by atoms with van der Waals surface area (Å²) in [6.07, 6.45) is -3.16. The van der Waals surface area contributed by atoms with Gasteiger partial charge in [-0.1, -0.05) is 12.1 Å². The lowest BCUT2D eigenvalue weighted by molar-refractivity contribution is -0.140. The third kappa shape index (κ3) is 4.12. The number of amides is 2. The number of hydrogen-bond donors (Lipinski definition) is 2. The molecule has 0 radical (unpaired) electrons. The fourth-order valence-electron chi connectivity index (χ4n) is 1.92. The summed E-state index contributed by atoms with van der Waals surface area (Å²) >= 11 is 0. The van der Waals surface area contributed by atoms with Gasteiger partial charge in [0.25, 0.3) is 0 Å². The Balaban J connectivity index is 2.04. The molecule has 0 spiro atoms. The van der Waals surface area contributed by atoms with Crippen molar-refractivity contribution in [3.05, 3.63) is 29.8 Å². The van der Waals surface area contributed by atoms with Gasteiger partial charge in [-0.05, 0) is 30.5 Å². The van der Waals surface area contributed by atoms with Gasteiger partial charge in [0.15, 0.2) is 0 Å². The number of hydrogen-bond acceptors (Lipinski definition) is 2. The second-order valence-corrected chi connectivity index (χ2v) is 4.81. The number of anilines is 1. The number of urea groups is 1. The second-order valence-electron chi connectivity index (χ2n) is 4.81. The van der Waals surface area contributed by atoms with E-state index >= 15 is 0 Å². The topological polar surface area (TPSA) is 58.4 Å². The van der Waals surface area contributed by atoms with Gasteiger partial charge in [0.1, 0.15) is 6.54 Å². The maximum absolute atomic E-state index is 12.5. The first kappa shape index (κ1) is 14.6. The molecule has 2 amide bonds. The second kappa shape index (κ2) is 5.70. The Labute approximate surface area is 114 Å². The van der Waals surface area contributed by atoms with Crippen molar-refractivity contribution in [2.75, 3.05) is 11.9 Å². The maximum Gasteiger partial charge on any atom is 0.406 e. The number of carbonyl (C=O) groups is 1. The van der Waals surface area contributed by atoms with E-state index in [9.17, 15) is 18.0 Å². The van der Waals surface area contributed by atoms with Crippen molar-refractivity contribution in [3.63, 3.8) is 0 Å². The van der Waals surface area contributed by atoms with Gasteiger partial charge in [0.05, 0.1) is 0 Å². The minimum absolute atomic E-state index is 0.304. The molecule has 1 aromatic carbocycles. The van der Waals surface area contributed by atoms with Crippen LogP contribution in [-0.2, 0) is 6.54 Å². The van der Waals surface area contributed by atoms with Crippen molar-refractivity contribution < 1.29 is 18.0 Å². The summed E-state index contributed by atoms with van der Waals surface area (Å²) < 4.78 is 37.4. The lowest BCUT2D eigenvalue weighted by Crippen LogP contribution is -2.42. The molecule has 0 aromatic heterocycles. The van der Waals surface area contributed by atoms with Crippen LogP contribution in [0, 0.1) is 0 Å². The van der Waals surface area contributed by atoms with Crippen molar-refractivity contribution in [2.24, 2.45) is 5.73 Å². The predicted molar refractivity (Wildman–Crippen MR) is 69.1 cm³/mol. The van der Waals surface area contributed by atoms with Crippen LogP contribution in [0.3, 0.4) is 0 Å². The van der Waals surface area contributed by atoms with E-state index in [4.69, 9.17) is 5.73 Å². The highest BCUT2D eigenvalue weighted by atomic mass is 19.4. The molecule has 4 nitrogen and oxygen atoms in total. The van der Waals surface area contributed by atoms with Gasteiger partial charge >= 0.3 is 12.2 Å². The average molecular weight is 287 g/mol. The first-order valence-corrected chi connectivity index (χ1v) is 6.32. The number of halogens is 3. The molecule has 7 heteroatoms. The predicted octanol–water partition coefficient (Wildman–Crippen LogP) is 2.70. The molecule has 0 heterocycles. The third-order valence-electron chi connectivity index (χ3n) is 3.01. The Kier molecular flexibility index (Phi) is 4.17. The van der Waals surface area contributed by atoms with Gasteiger partial charge in [-0.2, -0.15) is 13.2 Å². The highest BCUT2D eigenvalue weighted by molar-refractivity contribution is 5.89. The van der Waals surface area contributed by atoms with E-state index in [1.165, 1.54) is 0 Å².